The summed E-state index contributed by atoms with van der Waals surface area (Å²) in [7, 11) is 1.67. The summed E-state index contributed by atoms with van der Waals surface area (Å²) in [5.41, 5.74) is 0.949. The second kappa shape index (κ2) is 7.05. The maximum Gasteiger partial charge on any atom is 0.326 e. The van der Waals surface area contributed by atoms with Gasteiger partial charge in [-0.05, 0) is 19.1 Å². The molecule has 2 heterocycles. The highest BCUT2D eigenvalue weighted by Gasteiger charge is 2.15. The van der Waals surface area contributed by atoms with Crippen molar-refractivity contribution in [2.45, 2.75) is 13.5 Å². The maximum atomic E-state index is 11.8. The third-order valence-electron chi connectivity index (χ3n) is 3.06. The van der Waals surface area contributed by atoms with Gasteiger partial charge in [-0.2, -0.15) is 0 Å². The summed E-state index contributed by atoms with van der Waals surface area (Å²) in [6, 6.07) is 3.22. The Hall–Kier alpha value is -2.68. The topological polar surface area (TPSA) is 99.4 Å². The van der Waals surface area contributed by atoms with Gasteiger partial charge < -0.3 is 9.30 Å². The maximum absolute atomic E-state index is 11.8. The van der Waals surface area contributed by atoms with Crippen LogP contribution in [0.3, 0.4) is 0 Å². The predicted molar refractivity (Wildman–Crippen MR) is 82.2 cm³/mol. The minimum atomic E-state index is -0.737. The number of rotatable bonds is 5. The molecule has 0 bridgehead atoms. The van der Waals surface area contributed by atoms with Crippen LogP contribution in [0.25, 0.3) is 0 Å². The molecule has 0 aliphatic carbocycles. The normalized spacial score (nSPS) is 10.3. The Morgan fingerprint density at radius 2 is 2.09 bits per heavy atom. The molecule has 8 nitrogen and oxygen atoms in total. The first kappa shape index (κ1) is 16.7. The van der Waals surface area contributed by atoms with Gasteiger partial charge in [0.2, 0.25) is 0 Å². The molecule has 2 amide bonds. The van der Waals surface area contributed by atoms with Gasteiger partial charge in [-0.25, -0.2) is 0 Å². The fourth-order valence-corrected chi connectivity index (χ4v) is 2.58. The van der Waals surface area contributed by atoms with Crippen LogP contribution < -0.4 is 10.2 Å². The van der Waals surface area contributed by atoms with E-state index >= 15 is 0 Å². The molecule has 0 radical (unpaired) electrons. The Bertz CT molecular complexity index is 801. The molecule has 9 heteroatoms. The van der Waals surface area contributed by atoms with Gasteiger partial charge in [0.1, 0.15) is 12.2 Å². The zero-order valence-corrected chi connectivity index (χ0v) is 13.4. The predicted octanol–water partition coefficient (Wildman–Crippen LogP) is 0.0565. The summed E-state index contributed by atoms with van der Waals surface area (Å²) >= 11 is 0.979. The third-order valence-corrected chi connectivity index (χ3v) is 3.94. The molecule has 0 saturated carbocycles. The van der Waals surface area contributed by atoms with Crippen molar-refractivity contribution >= 4 is 29.1 Å². The van der Waals surface area contributed by atoms with E-state index in [0.29, 0.717) is 11.4 Å². The SMILES string of the molecule is Cc1csc(=O)n1CC(=O)OCC(=O)NC(=O)c1cccn1C. The van der Waals surface area contributed by atoms with Gasteiger partial charge in [-0.15, -0.1) is 0 Å². The number of ether oxygens (including phenoxy) is 1. The number of imide groups is 1. The number of carbonyl (C=O) groups excluding carboxylic acids is 3. The molecule has 0 aromatic carbocycles. The number of nitrogens with zero attached hydrogens (tertiary/aromatic N) is 2. The van der Waals surface area contributed by atoms with E-state index in [1.807, 2.05) is 0 Å². The Labute approximate surface area is 135 Å². The van der Waals surface area contributed by atoms with E-state index in [2.05, 4.69) is 5.32 Å². The zero-order chi connectivity index (χ0) is 17.0. The van der Waals surface area contributed by atoms with Crippen molar-refractivity contribution in [3.05, 3.63) is 44.8 Å². The summed E-state index contributed by atoms with van der Waals surface area (Å²) in [5.74, 6) is -2.04. The lowest BCUT2D eigenvalue weighted by atomic mass is 10.4. The van der Waals surface area contributed by atoms with Crippen molar-refractivity contribution in [3.63, 3.8) is 0 Å². The lowest BCUT2D eigenvalue weighted by Gasteiger charge is -2.07. The van der Waals surface area contributed by atoms with Gasteiger partial charge in [0.25, 0.3) is 11.8 Å². The van der Waals surface area contributed by atoms with E-state index in [-0.39, 0.29) is 11.4 Å². The lowest BCUT2D eigenvalue weighted by molar-refractivity contribution is -0.148. The molecule has 0 unspecified atom stereocenters. The van der Waals surface area contributed by atoms with Crippen LogP contribution in [0.5, 0.6) is 0 Å². The summed E-state index contributed by atoms with van der Waals surface area (Å²) < 4.78 is 7.58. The molecule has 2 aromatic rings. The second-order valence-corrected chi connectivity index (χ2v) is 5.59. The molecule has 0 saturated heterocycles. The molecule has 2 aromatic heterocycles. The number of nitrogens with one attached hydrogen (secondary N) is 1. The number of aromatic nitrogens is 2. The van der Waals surface area contributed by atoms with Crippen LogP contribution in [0.4, 0.5) is 0 Å². The van der Waals surface area contributed by atoms with Crippen LogP contribution in [-0.4, -0.2) is 33.5 Å². The monoisotopic (exact) mass is 337 g/mol. The first-order valence-corrected chi connectivity index (χ1v) is 7.52. The van der Waals surface area contributed by atoms with Crippen molar-refractivity contribution in [2.75, 3.05) is 6.61 Å². The van der Waals surface area contributed by atoms with Gasteiger partial charge in [-0.3, -0.25) is 29.1 Å². The Balaban J connectivity index is 1.82. The Morgan fingerprint density at radius 1 is 1.35 bits per heavy atom. The quantitative estimate of drug-likeness (QED) is 0.778. The van der Waals surface area contributed by atoms with Crippen molar-refractivity contribution in [2.24, 2.45) is 7.05 Å². The lowest BCUT2D eigenvalue weighted by Crippen LogP contribution is -2.35. The highest BCUT2D eigenvalue weighted by Crippen LogP contribution is 2.00. The fraction of sp³-hybridized carbons (Fsp3) is 0.286. The average Bonchev–Trinajstić information content (AvgIpc) is 3.05. The average molecular weight is 337 g/mol. The van der Waals surface area contributed by atoms with Gasteiger partial charge in [0.15, 0.2) is 6.61 Å². The van der Waals surface area contributed by atoms with Crippen molar-refractivity contribution in [1.29, 1.82) is 0 Å². The number of thiazole rings is 1. The van der Waals surface area contributed by atoms with Gasteiger partial charge >= 0.3 is 10.8 Å². The fourth-order valence-electron chi connectivity index (χ4n) is 1.84. The standard InChI is InChI=1S/C14H15N3O5S/c1-9-8-23-14(21)17(9)6-12(19)22-7-11(18)15-13(20)10-4-3-5-16(10)2/h3-5,8H,6-7H2,1-2H3,(H,15,18,20). The van der Waals surface area contributed by atoms with E-state index in [4.69, 9.17) is 4.74 Å². The summed E-state index contributed by atoms with van der Waals surface area (Å²) in [6.45, 7) is 0.830. The Kier molecular flexibility index (Phi) is 5.12. The molecule has 122 valence electrons. The summed E-state index contributed by atoms with van der Waals surface area (Å²) in [5, 5.41) is 3.74. The largest absolute Gasteiger partial charge is 0.454 e. The number of esters is 1. The van der Waals surface area contributed by atoms with Crippen LogP contribution in [0.1, 0.15) is 16.2 Å². The smallest absolute Gasteiger partial charge is 0.326 e. The molecule has 2 rings (SSSR count). The number of hydrogen-bond acceptors (Lipinski definition) is 6. The van der Waals surface area contributed by atoms with E-state index in [0.717, 1.165) is 11.3 Å². The first-order chi connectivity index (χ1) is 10.9. The molecular formula is C14H15N3O5S. The number of amides is 2. The number of hydrogen-bond donors (Lipinski definition) is 1. The number of aryl methyl sites for hydroxylation is 2. The summed E-state index contributed by atoms with van der Waals surface area (Å²) in [6.07, 6.45) is 1.67. The zero-order valence-electron chi connectivity index (χ0n) is 12.6. The third kappa shape index (κ3) is 4.16. The first-order valence-electron chi connectivity index (χ1n) is 6.64. The van der Waals surface area contributed by atoms with E-state index < -0.39 is 24.4 Å². The highest BCUT2D eigenvalue weighted by molar-refractivity contribution is 7.07. The summed E-state index contributed by atoms with van der Waals surface area (Å²) in [4.78, 5) is 46.2. The second-order valence-electron chi connectivity index (χ2n) is 4.77. The van der Waals surface area contributed by atoms with Crippen LogP contribution in [0.2, 0.25) is 0 Å². The van der Waals surface area contributed by atoms with Crippen LogP contribution >= 0.6 is 11.3 Å². The van der Waals surface area contributed by atoms with Crippen LogP contribution in [-0.2, 0) is 27.9 Å². The van der Waals surface area contributed by atoms with Crippen molar-refractivity contribution in [3.8, 4) is 0 Å². The van der Waals surface area contributed by atoms with E-state index in [1.54, 1.807) is 42.2 Å². The van der Waals surface area contributed by atoms with Crippen molar-refractivity contribution in [1.82, 2.24) is 14.5 Å². The minimum absolute atomic E-state index is 0.271. The van der Waals surface area contributed by atoms with Crippen LogP contribution in [0, 0.1) is 6.92 Å². The highest BCUT2D eigenvalue weighted by atomic mass is 32.1. The van der Waals surface area contributed by atoms with E-state index in [9.17, 15) is 19.2 Å². The molecule has 0 atom stereocenters. The molecule has 0 aliphatic rings. The molecule has 23 heavy (non-hydrogen) atoms. The molecular weight excluding hydrogens is 322 g/mol. The van der Waals surface area contributed by atoms with E-state index in [1.165, 1.54) is 4.57 Å². The minimum Gasteiger partial charge on any atom is -0.454 e. The molecule has 0 spiro atoms. The van der Waals surface area contributed by atoms with Gasteiger partial charge in [0.05, 0.1) is 0 Å². The number of carbonyl (C=O) groups is 3. The van der Waals surface area contributed by atoms with Crippen molar-refractivity contribution < 1.29 is 19.1 Å². The van der Waals surface area contributed by atoms with Gasteiger partial charge in [-0.1, -0.05) is 11.3 Å². The molecule has 0 aliphatic heterocycles. The molecule has 0 fully saturated rings. The molecule has 1 N–H and O–H groups in total. The van der Waals surface area contributed by atoms with Gasteiger partial charge in [0, 0.05) is 24.3 Å². The van der Waals surface area contributed by atoms with Crippen LogP contribution in [0.15, 0.2) is 28.5 Å². The Morgan fingerprint density at radius 3 is 2.65 bits per heavy atom.